The van der Waals surface area contributed by atoms with E-state index in [0.717, 1.165) is 17.6 Å². The molecular weight excluding hydrogens is 468 g/mol. The highest BCUT2D eigenvalue weighted by Gasteiger charge is 2.41. The topological polar surface area (TPSA) is 145 Å². The molecule has 1 aromatic rings. The van der Waals surface area contributed by atoms with Crippen molar-refractivity contribution < 1.29 is 37.0 Å². The summed E-state index contributed by atoms with van der Waals surface area (Å²) in [6.45, 7) is 0.877. The van der Waals surface area contributed by atoms with Gasteiger partial charge in [0.2, 0.25) is 5.17 Å². The molecule has 0 atom stereocenters. The molecule has 12 nitrogen and oxygen atoms in total. The summed E-state index contributed by atoms with van der Waals surface area (Å²) in [4.78, 5) is 56.0. The van der Waals surface area contributed by atoms with Gasteiger partial charge >= 0.3 is 11.9 Å². The highest BCUT2D eigenvalue weighted by atomic mass is 32.3. The van der Waals surface area contributed by atoms with E-state index in [-0.39, 0.29) is 22.2 Å². The number of benzene rings is 1. The average molecular weight is 493 g/mol. The first-order valence-electron chi connectivity index (χ1n) is 9.92. The molecule has 1 spiro atoms. The number of ether oxygens (including phenoxy) is 2. The molecule has 182 valence electrons. The van der Waals surface area contributed by atoms with Gasteiger partial charge in [-0.1, -0.05) is 0 Å². The van der Waals surface area contributed by atoms with E-state index in [2.05, 4.69) is 15.6 Å². The maximum absolute atomic E-state index is 13.1. The van der Waals surface area contributed by atoms with Crippen LogP contribution >= 0.6 is 10.6 Å². The highest BCUT2D eigenvalue weighted by molar-refractivity contribution is 8.41. The van der Waals surface area contributed by atoms with Crippen molar-refractivity contribution in [3.05, 3.63) is 47.0 Å². The predicted octanol–water partition coefficient (Wildman–Crippen LogP) is 0.613. The minimum absolute atomic E-state index is 0.105. The van der Waals surface area contributed by atoms with Gasteiger partial charge in [0.15, 0.2) is 0 Å². The van der Waals surface area contributed by atoms with Crippen LogP contribution in [0.4, 0.5) is 0 Å². The zero-order valence-electron chi connectivity index (χ0n) is 18.9. The summed E-state index contributed by atoms with van der Waals surface area (Å²) in [6, 6.07) is 4.51. The number of hydrogen-bond donors (Lipinski definition) is 2. The second kappa shape index (κ2) is 10.4. The van der Waals surface area contributed by atoms with E-state index in [1.165, 1.54) is 26.4 Å². The number of hydrogen-bond acceptors (Lipinski definition) is 10. The summed E-state index contributed by atoms with van der Waals surface area (Å²) < 4.78 is 21.1. The second-order valence-electron chi connectivity index (χ2n) is 7.18. The third kappa shape index (κ3) is 5.55. The summed E-state index contributed by atoms with van der Waals surface area (Å²) in [7, 11) is 3.18. The van der Waals surface area contributed by atoms with Crippen LogP contribution in [0.25, 0.3) is 0 Å². The number of amidine groups is 1. The number of likely N-dealkylation sites (N-methyl/N-ethyl adjacent to an activating group) is 1. The van der Waals surface area contributed by atoms with Gasteiger partial charge in [-0.3, -0.25) is 14.9 Å². The molecule has 2 aliphatic rings. The van der Waals surface area contributed by atoms with Gasteiger partial charge in [-0.15, -0.1) is 0 Å². The largest absolute Gasteiger partial charge is 0.497 e. The Labute approximate surface area is 197 Å². The number of aliphatic imine (C=N–C) groups is 1. The molecule has 0 fully saturated rings. The number of carbonyl (C=O) groups is 4. The van der Waals surface area contributed by atoms with Gasteiger partial charge in [-0.2, -0.15) is 0 Å². The first-order valence-corrected chi connectivity index (χ1v) is 11.5. The Bertz CT molecular complexity index is 1090. The van der Waals surface area contributed by atoms with Crippen molar-refractivity contribution in [3.8, 4) is 11.5 Å². The van der Waals surface area contributed by atoms with E-state index < -0.39 is 34.3 Å². The van der Waals surface area contributed by atoms with Crippen LogP contribution in [0.2, 0.25) is 0 Å². The normalized spacial score (nSPS) is 17.2. The van der Waals surface area contributed by atoms with Crippen LogP contribution in [0.1, 0.15) is 10.4 Å². The number of methoxy groups -OCH3 is 2. The smallest absolute Gasteiger partial charge is 0.354 e. The first kappa shape index (κ1) is 24.8. The number of nitrogens with zero attached hydrogens (tertiary/aromatic N) is 2. The Morgan fingerprint density at radius 1 is 1.06 bits per heavy atom. The fourth-order valence-corrected chi connectivity index (χ4v) is 4.73. The molecule has 0 radical (unpaired) electrons. The van der Waals surface area contributed by atoms with Crippen molar-refractivity contribution in [1.29, 1.82) is 0 Å². The van der Waals surface area contributed by atoms with E-state index in [9.17, 15) is 19.2 Å². The molecule has 1 aromatic carbocycles. The predicted molar refractivity (Wildman–Crippen MR) is 123 cm³/mol. The maximum atomic E-state index is 13.1. The van der Waals surface area contributed by atoms with Crippen LogP contribution in [-0.2, 0) is 22.7 Å². The van der Waals surface area contributed by atoms with Gasteiger partial charge in [-0.05, 0) is 36.8 Å². The van der Waals surface area contributed by atoms with Crippen molar-refractivity contribution in [2.45, 2.75) is 0 Å². The minimum Gasteiger partial charge on any atom is -0.497 e. The van der Waals surface area contributed by atoms with Crippen LogP contribution in [0.5, 0.6) is 11.5 Å². The molecule has 2 amide bonds. The van der Waals surface area contributed by atoms with E-state index in [4.69, 9.17) is 17.8 Å². The van der Waals surface area contributed by atoms with E-state index in [0.29, 0.717) is 18.8 Å². The standard InChI is InChI=1S/C21H24N4O8S/c1-25(2)10-9-22-20(29)15-12-34(32-17(26)7-8-18(27)33-34)21(23-15)24-19(28)14-6-5-13(30-3)11-16(14)31-4/h5-8,11-12H,9-10H2,1-4H3,(H,22,29)(H,23,24,28). The highest BCUT2D eigenvalue weighted by Crippen LogP contribution is 2.58. The summed E-state index contributed by atoms with van der Waals surface area (Å²) in [6.07, 6.45) is 1.78. The molecule has 0 aliphatic carbocycles. The molecule has 2 N–H and O–H groups in total. The zero-order valence-corrected chi connectivity index (χ0v) is 19.8. The van der Waals surface area contributed by atoms with Crippen LogP contribution in [0.15, 0.2) is 46.4 Å². The Morgan fingerprint density at radius 2 is 1.74 bits per heavy atom. The lowest BCUT2D eigenvalue weighted by molar-refractivity contribution is -0.129. The second-order valence-corrected chi connectivity index (χ2v) is 9.23. The third-order valence-electron chi connectivity index (χ3n) is 4.48. The number of amides is 2. The summed E-state index contributed by atoms with van der Waals surface area (Å²) in [5.74, 6) is -2.41. The Morgan fingerprint density at radius 3 is 2.32 bits per heavy atom. The minimum atomic E-state index is -3.35. The van der Waals surface area contributed by atoms with Gasteiger partial charge in [0.1, 0.15) is 17.2 Å². The average Bonchev–Trinajstić information content (AvgIpc) is 3.05. The van der Waals surface area contributed by atoms with E-state index in [1.807, 2.05) is 19.0 Å². The number of rotatable bonds is 7. The third-order valence-corrected chi connectivity index (χ3v) is 6.57. The molecular formula is C21H24N4O8S. The molecule has 34 heavy (non-hydrogen) atoms. The number of carbonyl (C=O) groups excluding carboxylic acids is 4. The monoisotopic (exact) mass is 492 g/mol. The van der Waals surface area contributed by atoms with Gasteiger partial charge in [0.25, 0.3) is 11.8 Å². The van der Waals surface area contributed by atoms with Crippen LogP contribution in [0, 0.1) is 0 Å². The molecule has 0 aromatic heterocycles. The fourth-order valence-electron chi connectivity index (χ4n) is 2.82. The van der Waals surface area contributed by atoms with E-state index in [1.54, 1.807) is 6.07 Å². The quantitative estimate of drug-likeness (QED) is 0.559. The maximum Gasteiger partial charge on any atom is 0.354 e. The molecule has 0 saturated carbocycles. The molecule has 0 bridgehead atoms. The van der Waals surface area contributed by atoms with Crippen molar-refractivity contribution in [2.75, 3.05) is 41.4 Å². The molecule has 2 heterocycles. The van der Waals surface area contributed by atoms with Crippen molar-refractivity contribution >= 4 is 39.5 Å². The Balaban J connectivity index is 1.92. The lowest BCUT2D eigenvalue weighted by Crippen LogP contribution is -2.35. The van der Waals surface area contributed by atoms with Crippen molar-refractivity contribution in [3.63, 3.8) is 0 Å². The van der Waals surface area contributed by atoms with Crippen LogP contribution < -0.4 is 20.1 Å². The van der Waals surface area contributed by atoms with Gasteiger partial charge < -0.3 is 28.1 Å². The Hall–Kier alpha value is -3.84. The zero-order chi connectivity index (χ0) is 24.9. The first-order chi connectivity index (χ1) is 16.2. The van der Waals surface area contributed by atoms with Gasteiger partial charge in [0, 0.05) is 31.3 Å². The molecule has 13 heteroatoms. The lowest BCUT2D eigenvalue weighted by Gasteiger charge is -2.34. The molecule has 3 rings (SSSR count). The van der Waals surface area contributed by atoms with Gasteiger partial charge in [0.05, 0.1) is 25.2 Å². The molecule has 0 saturated heterocycles. The molecule has 0 unspecified atom stereocenters. The van der Waals surface area contributed by atoms with Crippen LogP contribution in [0.3, 0.4) is 0 Å². The summed E-state index contributed by atoms with van der Waals surface area (Å²) in [5, 5.41) is 6.01. The van der Waals surface area contributed by atoms with Crippen LogP contribution in [-0.4, -0.2) is 75.2 Å². The summed E-state index contributed by atoms with van der Waals surface area (Å²) >= 11 is 0. The Kier molecular flexibility index (Phi) is 7.58. The number of nitrogens with one attached hydrogen (secondary N) is 2. The van der Waals surface area contributed by atoms with Crippen molar-refractivity contribution in [1.82, 2.24) is 15.5 Å². The SMILES string of the molecule is COc1ccc(C(=O)NC2=NC(C(=O)NCCN(C)C)=CS23OC(=O)C=CC(=O)O3)c(OC)c1. The van der Waals surface area contributed by atoms with Crippen molar-refractivity contribution in [2.24, 2.45) is 4.99 Å². The van der Waals surface area contributed by atoms with Gasteiger partial charge in [-0.25, -0.2) is 14.6 Å². The van der Waals surface area contributed by atoms with E-state index >= 15 is 0 Å². The fraction of sp³-hybridized carbons (Fsp3) is 0.286. The molecule has 2 aliphatic heterocycles. The lowest BCUT2D eigenvalue weighted by atomic mass is 10.2. The summed E-state index contributed by atoms with van der Waals surface area (Å²) in [5.41, 5.74) is -0.0675.